The highest BCUT2D eigenvalue weighted by molar-refractivity contribution is 5.84. The molecule has 0 aromatic heterocycles. The van der Waals surface area contributed by atoms with E-state index in [1.807, 2.05) is 0 Å². The molecule has 0 saturated carbocycles. The van der Waals surface area contributed by atoms with Gasteiger partial charge in [-0.2, -0.15) is 0 Å². The van der Waals surface area contributed by atoms with Crippen molar-refractivity contribution in [2.45, 2.75) is 148 Å². The van der Waals surface area contributed by atoms with Gasteiger partial charge in [0.15, 0.2) is 25.2 Å². The topological polar surface area (TPSA) is 456 Å². The number of carbonyl (C=O) groups is 2. The van der Waals surface area contributed by atoms with Gasteiger partial charge >= 0.3 is 0 Å². The van der Waals surface area contributed by atoms with Crippen LogP contribution in [-0.4, -0.2) is 281 Å². The first-order valence-electron chi connectivity index (χ1n) is 19.6. The Bertz CT molecular complexity index is 1170. The average Bonchev–Trinajstić information content (AvgIpc) is 3.26. The second-order valence-corrected chi connectivity index (χ2v) is 15.2. The molecular formula is C34H60N2O26. The van der Waals surface area contributed by atoms with E-state index in [4.69, 9.17) is 37.9 Å². The summed E-state index contributed by atoms with van der Waals surface area (Å²) in [6, 6.07) is -2.53. The maximum Gasteiger partial charge on any atom is 0.220 e. The third-order valence-corrected chi connectivity index (χ3v) is 10.5. The van der Waals surface area contributed by atoms with E-state index in [9.17, 15) is 91.3 Å². The number of aliphatic hydroxyl groups excluding tert-OH is 16. The molecule has 20 atom stereocenters. The molecule has 28 heteroatoms. The standard InChI is InChI=1S/C34H60N2O26/c37-3-13-19(43)23(47)27(51)31(59-13)55-7-11(8-56-32-28(52)24(48)20(44)14(4-38)60-32)35-17(41)1-2-18(42)36-12(9-57-33-29(53)25(49)21(45)15(5-39)61-33)10-58-34-30(54)26(50)22(46)16(6-40)62-34/h11-16,19-34,37-40,43-54H,1-10H2,(H,35,41)(H,36,42)/t13-,14-,15-,16-,19-,20-,21-,22-,23+,24+,25+,26+,27+,28+,29+,30+,31+,32+,33+,34+/m1/s1. The normalized spacial score (nSPS) is 41.6. The van der Waals surface area contributed by atoms with Gasteiger partial charge in [0.05, 0.1) is 64.9 Å². The van der Waals surface area contributed by atoms with Gasteiger partial charge in [0.25, 0.3) is 0 Å². The van der Waals surface area contributed by atoms with Crippen molar-refractivity contribution in [3.63, 3.8) is 0 Å². The van der Waals surface area contributed by atoms with Gasteiger partial charge in [0, 0.05) is 12.8 Å². The summed E-state index contributed by atoms with van der Waals surface area (Å²) in [6.07, 6.45) is -34.8. The molecule has 4 aliphatic heterocycles. The minimum atomic E-state index is -1.85. The van der Waals surface area contributed by atoms with Crippen molar-refractivity contribution < 1.29 is 129 Å². The average molecular weight is 913 g/mol. The summed E-state index contributed by atoms with van der Waals surface area (Å²) in [7, 11) is 0. The molecule has 4 fully saturated rings. The van der Waals surface area contributed by atoms with Crippen LogP contribution in [0.3, 0.4) is 0 Å². The minimum Gasteiger partial charge on any atom is -0.394 e. The van der Waals surface area contributed by atoms with Gasteiger partial charge in [-0.15, -0.1) is 0 Å². The first-order chi connectivity index (χ1) is 29.4. The number of carbonyl (C=O) groups excluding carboxylic acids is 2. The molecule has 362 valence electrons. The van der Waals surface area contributed by atoms with Crippen LogP contribution >= 0.6 is 0 Å². The van der Waals surface area contributed by atoms with Gasteiger partial charge in [-0.25, -0.2) is 0 Å². The third kappa shape index (κ3) is 13.3. The molecule has 0 spiro atoms. The van der Waals surface area contributed by atoms with Gasteiger partial charge in [0.1, 0.15) is 97.7 Å². The maximum absolute atomic E-state index is 13.2. The minimum absolute atomic E-state index is 0.573. The highest BCUT2D eigenvalue weighted by Crippen LogP contribution is 2.26. The number of amides is 2. The fourth-order valence-corrected chi connectivity index (χ4v) is 6.75. The summed E-state index contributed by atoms with van der Waals surface area (Å²) in [5.41, 5.74) is 0. The van der Waals surface area contributed by atoms with Crippen LogP contribution < -0.4 is 10.6 Å². The zero-order valence-corrected chi connectivity index (χ0v) is 33.0. The Kier molecular flexibility index (Phi) is 20.8. The smallest absolute Gasteiger partial charge is 0.220 e. The van der Waals surface area contributed by atoms with Crippen LogP contribution in [0.1, 0.15) is 12.8 Å². The van der Waals surface area contributed by atoms with Crippen molar-refractivity contribution in [2.75, 3.05) is 52.9 Å². The lowest BCUT2D eigenvalue weighted by Crippen LogP contribution is -2.60. The molecule has 0 aliphatic carbocycles. The van der Waals surface area contributed by atoms with Crippen LogP contribution in [0.25, 0.3) is 0 Å². The number of hydrogen-bond donors (Lipinski definition) is 18. The van der Waals surface area contributed by atoms with E-state index in [0.29, 0.717) is 0 Å². The SMILES string of the molecule is O=C(CCC(=O)NC(CO[C@H]1O[C@H](CO)[C@@H](O)[C@H](O)[C@@H]1O)CO[C@H]1O[C@H](CO)[C@@H](O)[C@H](O)[C@@H]1O)NC(CO[C@H]1O[C@H](CO)[C@@H](O)[C@H](O)[C@@H]1O)CO[C@H]1O[C@H](CO)[C@@H](O)[C@H](O)[C@@H]1O. The Morgan fingerprint density at radius 1 is 0.371 bits per heavy atom. The molecule has 4 rings (SSSR count). The number of ether oxygens (including phenoxy) is 8. The summed E-state index contributed by atoms with van der Waals surface area (Å²) in [5, 5.41) is 166. The van der Waals surface area contributed by atoms with Crippen molar-refractivity contribution in [2.24, 2.45) is 0 Å². The highest BCUT2D eigenvalue weighted by atomic mass is 16.7. The Morgan fingerprint density at radius 3 is 0.774 bits per heavy atom. The van der Waals surface area contributed by atoms with Crippen molar-refractivity contribution in [3.05, 3.63) is 0 Å². The van der Waals surface area contributed by atoms with Gasteiger partial charge in [0.2, 0.25) is 11.8 Å². The Labute approximate surface area is 352 Å². The molecule has 4 heterocycles. The molecule has 0 aromatic rings. The quantitative estimate of drug-likeness (QED) is 0.0508. The lowest BCUT2D eigenvalue weighted by molar-refractivity contribution is -0.309. The fourth-order valence-electron chi connectivity index (χ4n) is 6.75. The Balaban J connectivity index is 1.41. The first-order valence-corrected chi connectivity index (χ1v) is 19.6. The molecule has 4 aliphatic rings. The van der Waals surface area contributed by atoms with E-state index in [-0.39, 0.29) is 0 Å². The second-order valence-electron chi connectivity index (χ2n) is 15.2. The molecule has 62 heavy (non-hydrogen) atoms. The van der Waals surface area contributed by atoms with Crippen molar-refractivity contribution in [3.8, 4) is 0 Å². The van der Waals surface area contributed by atoms with Crippen LogP contribution in [0.2, 0.25) is 0 Å². The maximum atomic E-state index is 13.2. The molecule has 0 unspecified atom stereocenters. The van der Waals surface area contributed by atoms with Gasteiger partial charge in [-0.1, -0.05) is 0 Å². The van der Waals surface area contributed by atoms with E-state index in [1.165, 1.54) is 0 Å². The predicted molar refractivity (Wildman–Crippen MR) is 192 cm³/mol. The van der Waals surface area contributed by atoms with E-state index in [2.05, 4.69) is 10.6 Å². The lowest BCUT2D eigenvalue weighted by atomic mass is 9.99. The molecule has 0 bridgehead atoms. The van der Waals surface area contributed by atoms with E-state index in [0.717, 1.165) is 0 Å². The van der Waals surface area contributed by atoms with Crippen molar-refractivity contribution in [1.82, 2.24) is 10.6 Å². The third-order valence-electron chi connectivity index (χ3n) is 10.5. The van der Waals surface area contributed by atoms with Crippen LogP contribution in [0.15, 0.2) is 0 Å². The highest BCUT2D eigenvalue weighted by Gasteiger charge is 2.48. The summed E-state index contributed by atoms with van der Waals surface area (Å²) >= 11 is 0. The Hall–Kier alpha value is -2.02. The monoisotopic (exact) mass is 912 g/mol. The molecule has 0 aromatic carbocycles. The molecule has 28 nitrogen and oxygen atoms in total. The predicted octanol–water partition coefficient (Wildman–Crippen LogP) is -12.0. The van der Waals surface area contributed by atoms with Crippen molar-refractivity contribution >= 4 is 11.8 Å². The first kappa shape index (κ1) is 52.6. The number of nitrogens with one attached hydrogen (secondary N) is 2. The molecular weight excluding hydrogens is 852 g/mol. The zero-order chi connectivity index (χ0) is 46.0. The van der Waals surface area contributed by atoms with Crippen LogP contribution in [0.4, 0.5) is 0 Å². The second kappa shape index (κ2) is 24.5. The number of rotatable bonds is 21. The van der Waals surface area contributed by atoms with Crippen LogP contribution in [0.5, 0.6) is 0 Å². The van der Waals surface area contributed by atoms with Gasteiger partial charge in [-0.05, 0) is 0 Å². The summed E-state index contributed by atoms with van der Waals surface area (Å²) in [6.45, 7) is -5.56. The molecule has 4 saturated heterocycles. The van der Waals surface area contributed by atoms with Gasteiger partial charge in [-0.3, -0.25) is 9.59 Å². The lowest BCUT2D eigenvalue weighted by Gasteiger charge is -2.41. The van der Waals surface area contributed by atoms with E-state index >= 15 is 0 Å². The molecule has 18 N–H and O–H groups in total. The molecule has 0 radical (unpaired) electrons. The summed E-state index contributed by atoms with van der Waals surface area (Å²) in [5.74, 6) is -1.71. The van der Waals surface area contributed by atoms with Crippen LogP contribution in [0, 0.1) is 0 Å². The fraction of sp³-hybridized carbons (Fsp3) is 0.941. The summed E-state index contributed by atoms with van der Waals surface area (Å²) < 4.78 is 43.3. The Morgan fingerprint density at radius 2 is 0.581 bits per heavy atom. The van der Waals surface area contributed by atoms with Gasteiger partial charge < -0.3 is 130 Å². The summed E-state index contributed by atoms with van der Waals surface area (Å²) in [4.78, 5) is 26.4. The van der Waals surface area contributed by atoms with E-state index in [1.54, 1.807) is 0 Å². The van der Waals surface area contributed by atoms with Crippen molar-refractivity contribution in [1.29, 1.82) is 0 Å². The largest absolute Gasteiger partial charge is 0.394 e. The molecule has 2 amide bonds. The zero-order valence-electron chi connectivity index (χ0n) is 33.0. The number of aliphatic hydroxyl groups is 16. The number of hydrogen-bond acceptors (Lipinski definition) is 26. The van der Waals surface area contributed by atoms with Crippen LogP contribution in [-0.2, 0) is 47.5 Å². The van der Waals surface area contributed by atoms with E-state index < -0.39 is 212 Å².